The average Bonchev–Trinajstić information content (AvgIpc) is 2.29. The van der Waals surface area contributed by atoms with Crippen LogP contribution in [-0.4, -0.2) is 29.6 Å². The molecule has 0 bridgehead atoms. The molecule has 0 aliphatic rings. The highest BCUT2D eigenvalue weighted by Gasteiger charge is 1.93. The van der Waals surface area contributed by atoms with Crippen LogP contribution in [0.15, 0.2) is 37.5 Å². The average molecular weight is 240 g/mol. The first-order valence-electron chi connectivity index (χ1n) is 4.54. The van der Waals surface area contributed by atoms with Gasteiger partial charge in [-0.25, -0.2) is 4.79 Å². The zero-order valence-corrected chi connectivity index (χ0v) is 9.66. The van der Waals surface area contributed by atoms with E-state index in [1.807, 2.05) is 0 Å². The normalized spacial score (nSPS) is 7.82. The number of carbonyl (C=O) groups is 3. The molecule has 0 atom stereocenters. The molecule has 17 heavy (non-hydrogen) atoms. The van der Waals surface area contributed by atoms with Crippen LogP contribution < -0.4 is 10.6 Å². The number of amides is 2. The van der Waals surface area contributed by atoms with Crippen LogP contribution in [0.4, 0.5) is 0 Å². The molecule has 0 aromatic rings. The van der Waals surface area contributed by atoms with Crippen LogP contribution in [0.3, 0.4) is 0 Å². The maximum atomic E-state index is 10.5. The van der Waals surface area contributed by atoms with Crippen molar-refractivity contribution in [3.05, 3.63) is 37.5 Å². The largest absolute Gasteiger partial charge is 0.478 e. The van der Waals surface area contributed by atoms with Gasteiger partial charge in [-0.15, -0.1) is 0 Å². The molecule has 0 saturated heterocycles. The predicted molar refractivity (Wildman–Crippen MR) is 64.0 cm³/mol. The summed E-state index contributed by atoms with van der Waals surface area (Å²) < 4.78 is 0. The van der Waals surface area contributed by atoms with Gasteiger partial charge in [-0.1, -0.05) is 19.7 Å². The summed E-state index contributed by atoms with van der Waals surface area (Å²) in [5.41, 5.74) is 0.176. The van der Waals surface area contributed by atoms with E-state index in [1.54, 1.807) is 0 Å². The van der Waals surface area contributed by atoms with Crippen LogP contribution in [0, 0.1) is 0 Å². The van der Waals surface area contributed by atoms with E-state index in [9.17, 15) is 14.4 Å². The lowest BCUT2D eigenvalue weighted by molar-refractivity contribution is -0.132. The first kappa shape index (κ1) is 17.0. The molecule has 2 amide bonds. The van der Waals surface area contributed by atoms with E-state index >= 15 is 0 Å². The third-order valence-corrected chi connectivity index (χ3v) is 1.26. The number of carboxylic acids is 1. The zero-order valence-electron chi connectivity index (χ0n) is 9.66. The Bertz CT molecular complexity index is 302. The number of hydrogen-bond acceptors (Lipinski definition) is 3. The molecule has 6 nitrogen and oxygen atoms in total. The zero-order chi connectivity index (χ0) is 13.8. The molecule has 94 valence electrons. The second-order valence-corrected chi connectivity index (χ2v) is 2.75. The Labute approximate surface area is 99.7 Å². The van der Waals surface area contributed by atoms with Crippen molar-refractivity contribution in [3.8, 4) is 0 Å². The van der Waals surface area contributed by atoms with Gasteiger partial charge in [-0.3, -0.25) is 9.59 Å². The van der Waals surface area contributed by atoms with Crippen molar-refractivity contribution in [2.75, 3.05) is 6.67 Å². The van der Waals surface area contributed by atoms with E-state index in [2.05, 4.69) is 30.4 Å². The highest BCUT2D eigenvalue weighted by molar-refractivity contribution is 5.89. The summed E-state index contributed by atoms with van der Waals surface area (Å²) >= 11 is 0. The Balaban J connectivity index is 0. The van der Waals surface area contributed by atoms with Crippen molar-refractivity contribution in [1.29, 1.82) is 0 Å². The fourth-order valence-electron chi connectivity index (χ4n) is 0.363. The van der Waals surface area contributed by atoms with Crippen molar-refractivity contribution in [2.45, 2.75) is 6.92 Å². The van der Waals surface area contributed by atoms with Crippen molar-refractivity contribution in [3.63, 3.8) is 0 Å². The van der Waals surface area contributed by atoms with Crippen LogP contribution in [0.5, 0.6) is 0 Å². The lowest BCUT2D eigenvalue weighted by atomic mass is 10.4. The molecule has 0 spiro atoms. The van der Waals surface area contributed by atoms with Gasteiger partial charge in [0.2, 0.25) is 11.8 Å². The molecule has 0 aliphatic carbocycles. The van der Waals surface area contributed by atoms with Crippen molar-refractivity contribution < 1.29 is 19.5 Å². The number of nitrogens with one attached hydrogen (secondary N) is 2. The van der Waals surface area contributed by atoms with E-state index in [4.69, 9.17) is 5.11 Å². The quantitative estimate of drug-likeness (QED) is 0.472. The second kappa shape index (κ2) is 10.2. The molecule has 0 rings (SSSR count). The van der Waals surface area contributed by atoms with Gasteiger partial charge in [0.15, 0.2) is 0 Å². The summed E-state index contributed by atoms with van der Waals surface area (Å²) in [6.45, 7) is 11.2. The van der Waals surface area contributed by atoms with E-state index in [0.29, 0.717) is 0 Å². The molecule has 3 N–H and O–H groups in total. The van der Waals surface area contributed by atoms with Gasteiger partial charge in [-0.2, -0.15) is 0 Å². The molecule has 6 heteroatoms. The number of aliphatic carboxylic acids is 1. The topological polar surface area (TPSA) is 95.5 Å². The summed E-state index contributed by atoms with van der Waals surface area (Å²) in [5.74, 6) is -1.58. The fourth-order valence-corrected chi connectivity index (χ4v) is 0.363. The smallest absolute Gasteiger partial charge is 0.330 e. The minimum absolute atomic E-state index is 0.0930. The van der Waals surface area contributed by atoms with Gasteiger partial charge in [0.1, 0.15) is 0 Å². The third kappa shape index (κ3) is 13.6. The molecule has 0 radical (unpaired) electrons. The Kier molecular flexibility index (Phi) is 10.2. The van der Waals surface area contributed by atoms with E-state index in [0.717, 1.165) is 12.2 Å². The van der Waals surface area contributed by atoms with Gasteiger partial charge < -0.3 is 15.7 Å². The Morgan fingerprint density at radius 2 is 1.41 bits per heavy atom. The molecule has 0 aromatic carbocycles. The molecule has 0 saturated carbocycles. The minimum Gasteiger partial charge on any atom is -0.478 e. The highest BCUT2D eigenvalue weighted by atomic mass is 16.4. The number of carboxylic acid groups (broad SMARTS) is 1. The van der Waals surface area contributed by atoms with Crippen molar-refractivity contribution in [2.24, 2.45) is 0 Å². The summed E-state index contributed by atoms with van der Waals surface area (Å²) in [5, 5.41) is 12.6. The van der Waals surface area contributed by atoms with Crippen molar-refractivity contribution >= 4 is 17.8 Å². The Hall–Kier alpha value is -2.37. The molecule has 0 aliphatic heterocycles. The molecule has 0 heterocycles. The fraction of sp³-hybridized carbons (Fsp3) is 0.182. The number of hydrogen-bond donors (Lipinski definition) is 3. The summed E-state index contributed by atoms with van der Waals surface area (Å²) in [6.07, 6.45) is 2.25. The first-order valence-corrected chi connectivity index (χ1v) is 4.54. The maximum Gasteiger partial charge on any atom is 0.330 e. The van der Waals surface area contributed by atoms with Crippen LogP contribution in [0.25, 0.3) is 0 Å². The van der Waals surface area contributed by atoms with Gasteiger partial charge in [0, 0.05) is 5.57 Å². The molecular formula is C11H16N2O4. The summed E-state index contributed by atoms with van der Waals surface area (Å²) in [4.78, 5) is 30.6. The lowest BCUT2D eigenvalue weighted by Gasteiger charge is -2.01. The molecule has 0 unspecified atom stereocenters. The van der Waals surface area contributed by atoms with Gasteiger partial charge in [-0.05, 0) is 19.1 Å². The number of rotatable bonds is 5. The second-order valence-electron chi connectivity index (χ2n) is 2.75. The van der Waals surface area contributed by atoms with Crippen LogP contribution >= 0.6 is 0 Å². The van der Waals surface area contributed by atoms with Crippen LogP contribution in [-0.2, 0) is 14.4 Å². The van der Waals surface area contributed by atoms with Crippen LogP contribution in [0.2, 0.25) is 0 Å². The lowest BCUT2D eigenvalue weighted by Crippen LogP contribution is -2.35. The summed E-state index contributed by atoms with van der Waals surface area (Å²) in [7, 11) is 0. The SMILES string of the molecule is C=C(C)C(=O)O.C=CC(=O)NCNC(=O)C=C. The summed E-state index contributed by atoms with van der Waals surface area (Å²) in [6, 6.07) is 0. The monoisotopic (exact) mass is 240 g/mol. The van der Waals surface area contributed by atoms with E-state index < -0.39 is 5.97 Å². The van der Waals surface area contributed by atoms with E-state index in [-0.39, 0.29) is 24.1 Å². The first-order chi connectivity index (χ1) is 7.84. The molecule has 0 fully saturated rings. The Morgan fingerprint density at radius 3 is 1.59 bits per heavy atom. The molecular weight excluding hydrogens is 224 g/mol. The van der Waals surface area contributed by atoms with Crippen molar-refractivity contribution in [1.82, 2.24) is 10.6 Å². The predicted octanol–water partition coefficient (Wildman–Crippen LogP) is 0.195. The highest BCUT2D eigenvalue weighted by Crippen LogP contribution is 1.81. The van der Waals surface area contributed by atoms with Crippen LogP contribution in [0.1, 0.15) is 6.92 Å². The third-order valence-electron chi connectivity index (χ3n) is 1.26. The standard InChI is InChI=1S/C7H10N2O2.C4H6O2/c1-3-6(10)8-5-9-7(11)4-2;1-3(2)4(5)6/h3-4H,1-2,5H2,(H,8,10)(H,9,11);1H2,2H3,(H,5,6). The van der Waals surface area contributed by atoms with Gasteiger partial charge in [0.05, 0.1) is 6.67 Å². The van der Waals surface area contributed by atoms with Gasteiger partial charge in [0.25, 0.3) is 0 Å². The van der Waals surface area contributed by atoms with E-state index in [1.165, 1.54) is 6.92 Å². The maximum absolute atomic E-state index is 10.5. The Morgan fingerprint density at radius 1 is 1.12 bits per heavy atom. The molecule has 0 aromatic heterocycles. The minimum atomic E-state index is -0.935. The number of carbonyl (C=O) groups excluding carboxylic acids is 2. The van der Waals surface area contributed by atoms with Gasteiger partial charge >= 0.3 is 5.97 Å².